The summed E-state index contributed by atoms with van der Waals surface area (Å²) in [5.41, 5.74) is 2.47. The quantitative estimate of drug-likeness (QED) is 0.123. The number of nitro benzene ring substituents is 1. The summed E-state index contributed by atoms with van der Waals surface area (Å²) >= 11 is 2.15. The number of ether oxygens (including phenoxy) is 3. The molecule has 1 aliphatic rings. The zero-order chi connectivity index (χ0) is 24.2. The Morgan fingerprint density at radius 1 is 1.15 bits per heavy atom. The number of hydrogen-bond donors (Lipinski definition) is 0. The van der Waals surface area contributed by atoms with Crippen LogP contribution >= 0.6 is 22.6 Å². The minimum atomic E-state index is -0.640. The van der Waals surface area contributed by atoms with Gasteiger partial charge in [0.2, 0.25) is 5.90 Å². The molecule has 34 heavy (non-hydrogen) atoms. The van der Waals surface area contributed by atoms with Crippen molar-refractivity contribution >= 4 is 46.2 Å². The zero-order valence-corrected chi connectivity index (χ0v) is 20.4. The second-order valence-electron chi connectivity index (χ2n) is 7.35. The standard InChI is InChI=1S/C25H19IN2O6/c1-15-18(9-6-10-21(15)28(30)31)24-27-20(25(29)34-24)12-17-11-19(26)23(22(13-17)32-2)33-14-16-7-4-3-5-8-16/h3-13H,14H2,1-2H3/b20-12-. The lowest BCUT2D eigenvalue weighted by molar-refractivity contribution is -0.385. The number of benzene rings is 3. The molecule has 1 aliphatic heterocycles. The lowest BCUT2D eigenvalue weighted by Crippen LogP contribution is -2.08. The maximum Gasteiger partial charge on any atom is 0.363 e. The predicted molar refractivity (Wildman–Crippen MR) is 135 cm³/mol. The number of nitrogens with zero attached hydrogens (tertiary/aromatic N) is 2. The average Bonchev–Trinajstić information content (AvgIpc) is 3.18. The number of nitro groups is 1. The maximum atomic E-state index is 12.5. The molecule has 0 radical (unpaired) electrons. The minimum Gasteiger partial charge on any atom is -0.493 e. The van der Waals surface area contributed by atoms with Gasteiger partial charge in [-0.15, -0.1) is 0 Å². The van der Waals surface area contributed by atoms with E-state index >= 15 is 0 Å². The van der Waals surface area contributed by atoms with Crippen LogP contribution in [0.2, 0.25) is 0 Å². The fraction of sp³-hybridized carbons (Fsp3) is 0.120. The fourth-order valence-corrected chi connectivity index (χ4v) is 4.21. The van der Waals surface area contributed by atoms with Crippen molar-refractivity contribution in [1.29, 1.82) is 0 Å². The molecule has 9 heteroatoms. The summed E-state index contributed by atoms with van der Waals surface area (Å²) in [6.07, 6.45) is 1.58. The van der Waals surface area contributed by atoms with Gasteiger partial charge in [0.05, 0.1) is 15.6 Å². The van der Waals surface area contributed by atoms with Crippen LogP contribution in [0.25, 0.3) is 6.08 Å². The van der Waals surface area contributed by atoms with Crippen LogP contribution < -0.4 is 9.47 Å². The van der Waals surface area contributed by atoms with Gasteiger partial charge in [-0.3, -0.25) is 10.1 Å². The largest absolute Gasteiger partial charge is 0.493 e. The summed E-state index contributed by atoms with van der Waals surface area (Å²) in [6, 6.07) is 17.9. The summed E-state index contributed by atoms with van der Waals surface area (Å²) in [7, 11) is 1.54. The van der Waals surface area contributed by atoms with Gasteiger partial charge in [-0.25, -0.2) is 9.79 Å². The number of cyclic esters (lactones) is 1. The van der Waals surface area contributed by atoms with Gasteiger partial charge in [-0.1, -0.05) is 36.4 Å². The first-order valence-corrected chi connectivity index (χ1v) is 11.3. The fourth-order valence-electron chi connectivity index (χ4n) is 3.43. The van der Waals surface area contributed by atoms with Crippen molar-refractivity contribution in [1.82, 2.24) is 0 Å². The van der Waals surface area contributed by atoms with E-state index in [1.165, 1.54) is 12.1 Å². The molecule has 172 valence electrons. The number of carbonyl (C=O) groups is 1. The Labute approximate surface area is 209 Å². The van der Waals surface area contributed by atoms with Crippen LogP contribution in [0.3, 0.4) is 0 Å². The van der Waals surface area contributed by atoms with Gasteiger partial charge >= 0.3 is 5.97 Å². The molecular weight excluding hydrogens is 551 g/mol. The third-order valence-electron chi connectivity index (χ3n) is 5.13. The van der Waals surface area contributed by atoms with Crippen molar-refractivity contribution in [3.8, 4) is 11.5 Å². The molecule has 0 spiro atoms. The van der Waals surface area contributed by atoms with E-state index < -0.39 is 10.9 Å². The summed E-state index contributed by atoms with van der Waals surface area (Å²) in [4.78, 5) is 27.5. The van der Waals surface area contributed by atoms with Crippen LogP contribution in [0.15, 0.2) is 71.4 Å². The van der Waals surface area contributed by atoms with Crippen molar-refractivity contribution in [3.63, 3.8) is 0 Å². The topological polar surface area (TPSA) is 100 Å². The monoisotopic (exact) mass is 570 g/mol. The highest BCUT2D eigenvalue weighted by Crippen LogP contribution is 2.36. The van der Waals surface area contributed by atoms with Crippen LogP contribution in [-0.2, 0) is 16.1 Å². The molecule has 0 saturated carbocycles. The van der Waals surface area contributed by atoms with E-state index in [1.54, 1.807) is 32.2 Å². The molecule has 0 aromatic heterocycles. The molecule has 0 saturated heterocycles. The van der Waals surface area contributed by atoms with Crippen molar-refractivity contribution < 1.29 is 23.9 Å². The number of aliphatic imine (C=N–C) groups is 1. The predicted octanol–water partition coefficient (Wildman–Crippen LogP) is 5.44. The van der Waals surface area contributed by atoms with Crippen molar-refractivity contribution in [3.05, 3.63) is 102 Å². The first kappa shape index (κ1) is 23.4. The Kier molecular flexibility index (Phi) is 6.92. The Balaban J connectivity index is 1.63. The number of carbonyl (C=O) groups excluding carboxylic acids is 1. The van der Waals surface area contributed by atoms with E-state index in [9.17, 15) is 14.9 Å². The normalized spacial score (nSPS) is 14.0. The molecule has 8 nitrogen and oxygen atoms in total. The first-order chi connectivity index (χ1) is 16.4. The van der Waals surface area contributed by atoms with Gasteiger partial charge in [0.25, 0.3) is 5.69 Å². The van der Waals surface area contributed by atoms with Crippen LogP contribution in [-0.4, -0.2) is 23.9 Å². The van der Waals surface area contributed by atoms with E-state index in [1.807, 2.05) is 36.4 Å². The number of methoxy groups -OCH3 is 1. The second kappa shape index (κ2) is 10.0. The summed E-state index contributed by atoms with van der Waals surface area (Å²) in [5, 5.41) is 11.2. The number of rotatable bonds is 7. The molecule has 0 N–H and O–H groups in total. The Morgan fingerprint density at radius 2 is 1.91 bits per heavy atom. The van der Waals surface area contributed by atoms with Gasteiger partial charge in [0.1, 0.15) is 6.61 Å². The summed E-state index contributed by atoms with van der Waals surface area (Å²) < 4.78 is 17.6. The van der Waals surface area contributed by atoms with Gasteiger partial charge in [0.15, 0.2) is 17.2 Å². The van der Waals surface area contributed by atoms with Crippen molar-refractivity contribution in [2.24, 2.45) is 4.99 Å². The Morgan fingerprint density at radius 3 is 2.62 bits per heavy atom. The highest BCUT2D eigenvalue weighted by Gasteiger charge is 2.27. The molecule has 0 aliphatic carbocycles. The van der Waals surface area contributed by atoms with Gasteiger partial charge < -0.3 is 14.2 Å². The maximum absolute atomic E-state index is 12.5. The molecule has 0 amide bonds. The SMILES string of the molecule is COc1cc(/C=C2\N=C(c3cccc([N+](=O)[O-])c3C)OC2=O)cc(I)c1OCc1ccccc1. The number of halogens is 1. The first-order valence-electron chi connectivity index (χ1n) is 10.2. The van der Waals surface area contributed by atoms with Gasteiger partial charge in [-0.2, -0.15) is 0 Å². The number of esters is 1. The van der Waals surface area contributed by atoms with Crippen LogP contribution in [0.1, 0.15) is 22.3 Å². The van der Waals surface area contributed by atoms with E-state index in [-0.39, 0.29) is 17.3 Å². The molecule has 0 atom stereocenters. The van der Waals surface area contributed by atoms with Crippen molar-refractivity contribution in [2.45, 2.75) is 13.5 Å². The molecule has 0 bridgehead atoms. The highest BCUT2D eigenvalue weighted by molar-refractivity contribution is 14.1. The Hall–Kier alpha value is -3.73. The Bertz CT molecular complexity index is 1330. The van der Waals surface area contributed by atoms with Crippen LogP contribution in [0.4, 0.5) is 5.69 Å². The minimum absolute atomic E-state index is 0.0296. The van der Waals surface area contributed by atoms with E-state index in [0.717, 1.165) is 9.13 Å². The van der Waals surface area contributed by atoms with Crippen LogP contribution in [0.5, 0.6) is 11.5 Å². The number of hydrogen-bond acceptors (Lipinski definition) is 7. The third-order valence-corrected chi connectivity index (χ3v) is 5.94. The van der Waals surface area contributed by atoms with Gasteiger partial charge in [0, 0.05) is 17.2 Å². The third kappa shape index (κ3) is 4.93. The summed E-state index contributed by atoms with van der Waals surface area (Å²) in [5.74, 6) is 0.500. The second-order valence-corrected chi connectivity index (χ2v) is 8.51. The lowest BCUT2D eigenvalue weighted by atomic mass is 10.1. The molecule has 1 heterocycles. The highest BCUT2D eigenvalue weighted by atomic mass is 127. The average molecular weight is 570 g/mol. The van der Waals surface area contributed by atoms with Crippen molar-refractivity contribution in [2.75, 3.05) is 7.11 Å². The molecule has 0 fully saturated rings. The van der Waals surface area contributed by atoms with E-state index in [0.29, 0.717) is 34.8 Å². The molecule has 3 aromatic carbocycles. The molecule has 3 aromatic rings. The smallest absolute Gasteiger partial charge is 0.363 e. The van der Waals surface area contributed by atoms with Gasteiger partial charge in [-0.05, 0) is 64.9 Å². The molecule has 4 rings (SSSR count). The summed E-state index contributed by atoms with van der Waals surface area (Å²) in [6.45, 7) is 1.98. The van der Waals surface area contributed by atoms with E-state index in [4.69, 9.17) is 14.2 Å². The molecular formula is C25H19IN2O6. The van der Waals surface area contributed by atoms with Crippen LogP contribution in [0, 0.1) is 20.6 Å². The van der Waals surface area contributed by atoms with E-state index in [2.05, 4.69) is 27.6 Å². The zero-order valence-electron chi connectivity index (χ0n) is 18.3. The molecule has 0 unspecified atom stereocenters. The lowest BCUT2D eigenvalue weighted by Gasteiger charge is -2.13.